The van der Waals surface area contributed by atoms with Crippen molar-refractivity contribution >= 4 is 23.1 Å². The summed E-state index contributed by atoms with van der Waals surface area (Å²) in [5, 5.41) is 6.15. The molecule has 1 amide bonds. The molecule has 1 aliphatic rings. The molecule has 4 nitrogen and oxygen atoms in total. The smallest absolute Gasteiger partial charge is 0.228 e. The lowest BCUT2D eigenvalue weighted by molar-refractivity contribution is -0.122. The van der Waals surface area contributed by atoms with Crippen LogP contribution in [0.3, 0.4) is 0 Å². The molecule has 1 fully saturated rings. The van der Waals surface area contributed by atoms with Crippen molar-refractivity contribution in [2.75, 3.05) is 10.6 Å². The SMILES string of the molecule is Cc1ccc(Nc2ccc(NC(=O)C3CCC3)nc2)cc1. The first kappa shape index (κ1) is 13.6. The Labute approximate surface area is 124 Å². The molecule has 0 saturated heterocycles. The van der Waals surface area contributed by atoms with Crippen LogP contribution in [-0.2, 0) is 4.79 Å². The van der Waals surface area contributed by atoms with E-state index in [1.54, 1.807) is 6.20 Å². The van der Waals surface area contributed by atoms with Crippen molar-refractivity contribution in [1.82, 2.24) is 4.98 Å². The maximum Gasteiger partial charge on any atom is 0.228 e. The molecule has 0 spiro atoms. The van der Waals surface area contributed by atoms with E-state index in [9.17, 15) is 4.79 Å². The number of rotatable bonds is 4. The largest absolute Gasteiger partial charge is 0.354 e. The normalized spacial score (nSPS) is 14.3. The molecule has 0 bridgehead atoms. The fourth-order valence-corrected chi connectivity index (χ4v) is 2.24. The Kier molecular flexibility index (Phi) is 3.86. The Hall–Kier alpha value is -2.36. The molecule has 0 atom stereocenters. The summed E-state index contributed by atoms with van der Waals surface area (Å²) in [6, 6.07) is 11.9. The number of pyridine rings is 1. The van der Waals surface area contributed by atoms with Gasteiger partial charge in [0, 0.05) is 11.6 Å². The van der Waals surface area contributed by atoms with Crippen molar-refractivity contribution in [3.8, 4) is 0 Å². The number of aryl methyl sites for hydroxylation is 1. The summed E-state index contributed by atoms with van der Waals surface area (Å²) in [7, 11) is 0. The average Bonchev–Trinajstić information content (AvgIpc) is 2.41. The van der Waals surface area contributed by atoms with Crippen LogP contribution in [0.4, 0.5) is 17.2 Å². The van der Waals surface area contributed by atoms with Crippen LogP contribution in [0, 0.1) is 12.8 Å². The Balaban J connectivity index is 1.60. The number of hydrogen-bond acceptors (Lipinski definition) is 3. The maximum atomic E-state index is 11.8. The zero-order chi connectivity index (χ0) is 14.7. The number of carbonyl (C=O) groups is 1. The van der Waals surface area contributed by atoms with Crippen LogP contribution in [0.2, 0.25) is 0 Å². The lowest BCUT2D eigenvalue weighted by Crippen LogP contribution is -2.28. The first-order valence-corrected chi connectivity index (χ1v) is 7.31. The summed E-state index contributed by atoms with van der Waals surface area (Å²) in [6.45, 7) is 2.06. The monoisotopic (exact) mass is 281 g/mol. The number of anilines is 3. The fourth-order valence-electron chi connectivity index (χ4n) is 2.24. The second-order valence-electron chi connectivity index (χ2n) is 5.54. The highest BCUT2D eigenvalue weighted by Gasteiger charge is 2.25. The van der Waals surface area contributed by atoms with E-state index in [0.29, 0.717) is 5.82 Å². The summed E-state index contributed by atoms with van der Waals surface area (Å²) in [4.78, 5) is 16.1. The summed E-state index contributed by atoms with van der Waals surface area (Å²) < 4.78 is 0. The molecule has 2 N–H and O–H groups in total. The minimum Gasteiger partial charge on any atom is -0.354 e. The van der Waals surface area contributed by atoms with Crippen LogP contribution in [0.25, 0.3) is 0 Å². The van der Waals surface area contributed by atoms with Crippen LogP contribution >= 0.6 is 0 Å². The van der Waals surface area contributed by atoms with E-state index in [1.807, 2.05) is 24.3 Å². The second-order valence-corrected chi connectivity index (χ2v) is 5.54. The quantitative estimate of drug-likeness (QED) is 0.894. The molecular formula is C17H19N3O. The number of nitrogens with one attached hydrogen (secondary N) is 2. The van der Waals surface area contributed by atoms with Gasteiger partial charge in [-0.05, 0) is 44.0 Å². The summed E-state index contributed by atoms with van der Waals surface area (Å²) in [5.41, 5.74) is 3.15. The minimum absolute atomic E-state index is 0.0907. The molecule has 21 heavy (non-hydrogen) atoms. The molecule has 1 aromatic heterocycles. The van der Waals surface area contributed by atoms with E-state index in [0.717, 1.165) is 30.6 Å². The van der Waals surface area contributed by atoms with E-state index >= 15 is 0 Å². The predicted octanol–water partition coefficient (Wildman–Crippen LogP) is 3.87. The number of aromatic nitrogens is 1. The zero-order valence-electron chi connectivity index (χ0n) is 12.1. The zero-order valence-corrected chi connectivity index (χ0v) is 12.1. The Morgan fingerprint density at radius 3 is 2.38 bits per heavy atom. The molecule has 3 rings (SSSR count). The number of benzene rings is 1. The predicted molar refractivity (Wildman–Crippen MR) is 84.7 cm³/mol. The van der Waals surface area contributed by atoms with Gasteiger partial charge >= 0.3 is 0 Å². The van der Waals surface area contributed by atoms with E-state index in [4.69, 9.17) is 0 Å². The molecule has 0 radical (unpaired) electrons. The molecular weight excluding hydrogens is 262 g/mol. The molecule has 108 valence electrons. The standard InChI is InChI=1S/C17H19N3O/c1-12-5-7-14(8-6-12)19-15-9-10-16(18-11-15)20-17(21)13-3-2-4-13/h5-11,13,19H,2-4H2,1H3,(H,18,20,21). The van der Waals surface area contributed by atoms with Gasteiger partial charge in [0.15, 0.2) is 0 Å². The van der Waals surface area contributed by atoms with E-state index in [-0.39, 0.29) is 11.8 Å². The Morgan fingerprint density at radius 2 is 1.81 bits per heavy atom. The molecule has 1 heterocycles. The van der Waals surface area contributed by atoms with Gasteiger partial charge in [-0.3, -0.25) is 4.79 Å². The van der Waals surface area contributed by atoms with Gasteiger partial charge < -0.3 is 10.6 Å². The number of amides is 1. The minimum atomic E-state index is 0.0907. The summed E-state index contributed by atoms with van der Waals surface area (Å²) in [6.07, 6.45) is 4.89. The molecule has 1 saturated carbocycles. The summed E-state index contributed by atoms with van der Waals surface area (Å²) >= 11 is 0. The van der Waals surface area contributed by atoms with Crippen molar-refractivity contribution in [1.29, 1.82) is 0 Å². The Bertz CT molecular complexity index is 615. The van der Waals surface area contributed by atoms with Gasteiger partial charge in [-0.1, -0.05) is 24.1 Å². The number of hydrogen-bond donors (Lipinski definition) is 2. The maximum absolute atomic E-state index is 11.8. The molecule has 0 aliphatic heterocycles. The van der Waals surface area contributed by atoms with Gasteiger partial charge in [-0.2, -0.15) is 0 Å². The van der Waals surface area contributed by atoms with Gasteiger partial charge in [-0.25, -0.2) is 4.98 Å². The van der Waals surface area contributed by atoms with Crippen LogP contribution in [0.5, 0.6) is 0 Å². The van der Waals surface area contributed by atoms with Crippen LogP contribution in [-0.4, -0.2) is 10.9 Å². The molecule has 4 heteroatoms. The third kappa shape index (κ3) is 3.40. The first-order chi connectivity index (χ1) is 10.2. The molecule has 0 unspecified atom stereocenters. The van der Waals surface area contributed by atoms with Crippen molar-refractivity contribution in [3.05, 3.63) is 48.2 Å². The van der Waals surface area contributed by atoms with Crippen molar-refractivity contribution < 1.29 is 4.79 Å². The highest BCUT2D eigenvalue weighted by Crippen LogP contribution is 2.27. The van der Waals surface area contributed by atoms with Gasteiger partial charge in [-0.15, -0.1) is 0 Å². The fraction of sp³-hybridized carbons (Fsp3) is 0.294. The van der Waals surface area contributed by atoms with E-state index < -0.39 is 0 Å². The topological polar surface area (TPSA) is 54.0 Å². The third-order valence-electron chi connectivity index (χ3n) is 3.83. The van der Waals surface area contributed by atoms with E-state index in [2.05, 4.69) is 34.7 Å². The highest BCUT2D eigenvalue weighted by atomic mass is 16.2. The van der Waals surface area contributed by atoms with Crippen LogP contribution in [0.1, 0.15) is 24.8 Å². The molecule has 1 aromatic carbocycles. The van der Waals surface area contributed by atoms with Gasteiger partial charge in [0.1, 0.15) is 5.82 Å². The van der Waals surface area contributed by atoms with Crippen LogP contribution in [0.15, 0.2) is 42.6 Å². The lowest BCUT2D eigenvalue weighted by atomic mass is 9.85. The molecule has 2 aromatic rings. The Morgan fingerprint density at radius 1 is 1.10 bits per heavy atom. The lowest BCUT2D eigenvalue weighted by Gasteiger charge is -2.23. The van der Waals surface area contributed by atoms with Gasteiger partial charge in [0.2, 0.25) is 5.91 Å². The van der Waals surface area contributed by atoms with Gasteiger partial charge in [0.25, 0.3) is 0 Å². The number of carbonyl (C=O) groups excluding carboxylic acids is 1. The van der Waals surface area contributed by atoms with Crippen molar-refractivity contribution in [2.45, 2.75) is 26.2 Å². The third-order valence-corrected chi connectivity index (χ3v) is 3.83. The van der Waals surface area contributed by atoms with Crippen LogP contribution < -0.4 is 10.6 Å². The van der Waals surface area contributed by atoms with E-state index in [1.165, 1.54) is 5.56 Å². The van der Waals surface area contributed by atoms with Gasteiger partial charge in [0.05, 0.1) is 11.9 Å². The van der Waals surface area contributed by atoms with Crippen molar-refractivity contribution in [2.24, 2.45) is 5.92 Å². The molecule has 1 aliphatic carbocycles. The second kappa shape index (κ2) is 5.95. The summed E-state index contributed by atoms with van der Waals surface area (Å²) in [5.74, 6) is 0.881. The average molecular weight is 281 g/mol. The first-order valence-electron chi connectivity index (χ1n) is 7.31. The number of nitrogens with zero attached hydrogens (tertiary/aromatic N) is 1. The van der Waals surface area contributed by atoms with Crippen molar-refractivity contribution in [3.63, 3.8) is 0 Å². The highest BCUT2D eigenvalue weighted by molar-refractivity contribution is 5.92.